The summed E-state index contributed by atoms with van der Waals surface area (Å²) in [6.07, 6.45) is 2.30. The van der Waals surface area contributed by atoms with Crippen molar-refractivity contribution in [3.8, 4) is 0 Å². The van der Waals surface area contributed by atoms with Crippen molar-refractivity contribution >= 4 is 21.8 Å². The fourth-order valence-corrected chi connectivity index (χ4v) is 2.46. The van der Waals surface area contributed by atoms with Crippen molar-refractivity contribution in [2.24, 2.45) is 0 Å². The van der Waals surface area contributed by atoms with Gasteiger partial charge in [-0.3, -0.25) is 4.79 Å². The van der Waals surface area contributed by atoms with Gasteiger partial charge in [0, 0.05) is 17.6 Å². The Balaban J connectivity index is 1.87. The second kappa shape index (κ2) is 7.03. The summed E-state index contributed by atoms with van der Waals surface area (Å²) in [4.78, 5) is 11.7. The molecule has 1 heterocycles. The van der Waals surface area contributed by atoms with E-state index in [2.05, 4.69) is 26.6 Å². The van der Waals surface area contributed by atoms with Gasteiger partial charge in [-0.1, -0.05) is 28.1 Å². The first kappa shape index (κ1) is 14.5. The monoisotopic (exact) mass is 326 g/mol. The number of aliphatic hydroxyl groups excluding tert-OH is 1. The van der Waals surface area contributed by atoms with Crippen LogP contribution in [0, 0.1) is 0 Å². The van der Waals surface area contributed by atoms with E-state index in [0.717, 1.165) is 35.8 Å². The average Bonchev–Trinajstić information content (AvgIpc) is 2.61. The topological polar surface area (TPSA) is 61.4 Å². The lowest BCUT2D eigenvalue weighted by atomic mass is 10.1. The summed E-state index contributed by atoms with van der Waals surface area (Å²) in [6, 6.07) is 7.37. The molecule has 1 saturated heterocycles. The molecule has 1 fully saturated rings. The van der Waals surface area contributed by atoms with Crippen LogP contribution in [0.3, 0.4) is 0 Å². The molecule has 104 valence electrons. The molecule has 4 nitrogen and oxygen atoms in total. The first-order valence-electron chi connectivity index (χ1n) is 6.61. The second-order valence-corrected chi connectivity index (χ2v) is 5.73. The standard InChI is InChI=1S/C14H19BrN2O2/c15-11-6-4-10(5-7-11)13(18)9-17-12-3-1-2-8-16-14(12)19/h4-7,12-13,17-18H,1-3,8-9H2,(H,16,19)/t12?,13-/m1/s1. The van der Waals surface area contributed by atoms with Crippen LogP contribution in [0.4, 0.5) is 0 Å². The Kier molecular flexibility index (Phi) is 5.36. The summed E-state index contributed by atoms with van der Waals surface area (Å²) in [6.45, 7) is 1.14. The normalized spacial score (nSPS) is 21.6. The third-order valence-corrected chi connectivity index (χ3v) is 3.88. The minimum atomic E-state index is -0.593. The molecule has 0 spiro atoms. The Morgan fingerprint density at radius 1 is 1.37 bits per heavy atom. The fraction of sp³-hybridized carbons (Fsp3) is 0.500. The SMILES string of the molecule is O=C1NCCCCC1NC[C@@H](O)c1ccc(Br)cc1. The maximum Gasteiger partial charge on any atom is 0.237 e. The molecule has 0 aromatic heterocycles. The Hall–Kier alpha value is -0.910. The van der Waals surface area contributed by atoms with E-state index in [1.807, 2.05) is 24.3 Å². The number of hydrogen-bond donors (Lipinski definition) is 3. The van der Waals surface area contributed by atoms with Gasteiger partial charge >= 0.3 is 0 Å². The predicted molar refractivity (Wildman–Crippen MR) is 77.8 cm³/mol. The van der Waals surface area contributed by atoms with Gasteiger partial charge in [-0.15, -0.1) is 0 Å². The van der Waals surface area contributed by atoms with Gasteiger partial charge in [0.1, 0.15) is 0 Å². The minimum absolute atomic E-state index is 0.0421. The van der Waals surface area contributed by atoms with Crippen molar-refractivity contribution in [3.63, 3.8) is 0 Å². The highest BCUT2D eigenvalue weighted by atomic mass is 79.9. The summed E-state index contributed by atoms with van der Waals surface area (Å²) >= 11 is 3.36. The summed E-state index contributed by atoms with van der Waals surface area (Å²) in [7, 11) is 0. The van der Waals surface area contributed by atoms with Crippen molar-refractivity contribution in [3.05, 3.63) is 34.3 Å². The van der Waals surface area contributed by atoms with Gasteiger partial charge < -0.3 is 15.7 Å². The quantitative estimate of drug-likeness (QED) is 0.789. The minimum Gasteiger partial charge on any atom is -0.387 e. The number of rotatable bonds is 4. The first-order chi connectivity index (χ1) is 9.16. The molecular weight excluding hydrogens is 308 g/mol. The van der Waals surface area contributed by atoms with Crippen molar-refractivity contribution in [2.75, 3.05) is 13.1 Å². The van der Waals surface area contributed by atoms with Crippen LogP contribution in [0.25, 0.3) is 0 Å². The lowest BCUT2D eigenvalue weighted by Gasteiger charge is -2.18. The van der Waals surface area contributed by atoms with Crippen LogP contribution in [0.5, 0.6) is 0 Å². The third-order valence-electron chi connectivity index (χ3n) is 3.35. The predicted octanol–water partition coefficient (Wildman–Crippen LogP) is 1.74. The largest absolute Gasteiger partial charge is 0.387 e. The van der Waals surface area contributed by atoms with Crippen molar-refractivity contribution < 1.29 is 9.90 Å². The lowest BCUT2D eigenvalue weighted by molar-refractivity contribution is -0.122. The number of aliphatic hydroxyl groups is 1. The average molecular weight is 327 g/mol. The van der Waals surface area contributed by atoms with E-state index < -0.39 is 6.10 Å². The molecule has 1 aromatic rings. The Bertz CT molecular complexity index is 422. The van der Waals surface area contributed by atoms with Crippen LogP contribution in [0.2, 0.25) is 0 Å². The molecule has 1 amide bonds. The van der Waals surface area contributed by atoms with Gasteiger partial charge in [0.05, 0.1) is 12.1 Å². The van der Waals surface area contributed by atoms with Gasteiger partial charge in [0.25, 0.3) is 0 Å². The summed E-state index contributed by atoms with van der Waals surface area (Å²) in [5.41, 5.74) is 0.852. The van der Waals surface area contributed by atoms with Gasteiger partial charge in [-0.05, 0) is 37.0 Å². The summed E-state index contributed by atoms with van der Waals surface area (Å²) in [5, 5.41) is 16.1. The number of benzene rings is 1. The maximum absolute atomic E-state index is 11.7. The van der Waals surface area contributed by atoms with Crippen LogP contribution in [0.15, 0.2) is 28.7 Å². The van der Waals surface area contributed by atoms with Crippen LogP contribution in [-0.2, 0) is 4.79 Å². The highest BCUT2D eigenvalue weighted by Crippen LogP contribution is 2.16. The molecule has 2 rings (SSSR count). The van der Waals surface area contributed by atoms with E-state index >= 15 is 0 Å². The van der Waals surface area contributed by atoms with Crippen LogP contribution in [-0.4, -0.2) is 30.1 Å². The van der Waals surface area contributed by atoms with E-state index in [1.54, 1.807) is 0 Å². The fourth-order valence-electron chi connectivity index (χ4n) is 2.19. The smallest absolute Gasteiger partial charge is 0.237 e. The Morgan fingerprint density at radius 2 is 2.11 bits per heavy atom. The number of amides is 1. The molecule has 2 atom stereocenters. The van der Waals surface area contributed by atoms with Crippen molar-refractivity contribution in [1.82, 2.24) is 10.6 Å². The zero-order chi connectivity index (χ0) is 13.7. The molecule has 1 aromatic carbocycles. The highest BCUT2D eigenvalue weighted by molar-refractivity contribution is 9.10. The molecule has 0 saturated carbocycles. The zero-order valence-electron chi connectivity index (χ0n) is 10.7. The number of hydrogen-bond acceptors (Lipinski definition) is 3. The number of halogens is 1. The van der Waals surface area contributed by atoms with Crippen molar-refractivity contribution in [1.29, 1.82) is 0 Å². The first-order valence-corrected chi connectivity index (χ1v) is 7.41. The van der Waals surface area contributed by atoms with E-state index in [4.69, 9.17) is 0 Å². The van der Waals surface area contributed by atoms with Gasteiger partial charge in [0.15, 0.2) is 0 Å². The molecule has 1 unspecified atom stereocenters. The molecular formula is C14H19BrN2O2. The van der Waals surface area contributed by atoms with E-state index in [9.17, 15) is 9.90 Å². The van der Waals surface area contributed by atoms with E-state index in [-0.39, 0.29) is 11.9 Å². The number of nitrogens with one attached hydrogen (secondary N) is 2. The Morgan fingerprint density at radius 3 is 2.84 bits per heavy atom. The molecule has 0 aliphatic carbocycles. The molecule has 3 N–H and O–H groups in total. The van der Waals surface area contributed by atoms with Crippen LogP contribution in [0.1, 0.15) is 30.9 Å². The van der Waals surface area contributed by atoms with E-state index in [1.165, 1.54) is 0 Å². The van der Waals surface area contributed by atoms with E-state index in [0.29, 0.717) is 6.54 Å². The number of carbonyl (C=O) groups excluding carboxylic acids is 1. The van der Waals surface area contributed by atoms with Crippen LogP contribution >= 0.6 is 15.9 Å². The van der Waals surface area contributed by atoms with Crippen molar-refractivity contribution in [2.45, 2.75) is 31.4 Å². The van der Waals surface area contributed by atoms with Gasteiger partial charge in [0.2, 0.25) is 5.91 Å². The van der Waals surface area contributed by atoms with Gasteiger partial charge in [-0.25, -0.2) is 0 Å². The molecule has 1 aliphatic heterocycles. The van der Waals surface area contributed by atoms with Crippen LogP contribution < -0.4 is 10.6 Å². The highest BCUT2D eigenvalue weighted by Gasteiger charge is 2.21. The zero-order valence-corrected chi connectivity index (χ0v) is 12.3. The maximum atomic E-state index is 11.7. The molecule has 0 radical (unpaired) electrons. The summed E-state index contributed by atoms with van der Waals surface area (Å²) < 4.78 is 0.986. The van der Waals surface area contributed by atoms with Gasteiger partial charge in [-0.2, -0.15) is 0 Å². The second-order valence-electron chi connectivity index (χ2n) is 4.81. The molecule has 0 bridgehead atoms. The molecule has 5 heteroatoms. The third kappa shape index (κ3) is 4.30. The summed E-state index contributed by atoms with van der Waals surface area (Å²) in [5.74, 6) is 0.0421. The number of carbonyl (C=O) groups is 1. The molecule has 1 aliphatic rings. The lowest BCUT2D eigenvalue weighted by Crippen LogP contribution is -2.44. The molecule has 19 heavy (non-hydrogen) atoms. The Labute approximate surface area is 121 Å².